The van der Waals surface area contributed by atoms with Crippen molar-refractivity contribution in [3.8, 4) is 22.4 Å². The molecule has 2 aromatic carbocycles. The Bertz CT molecular complexity index is 1120. The third-order valence-electron chi connectivity index (χ3n) is 6.93. The number of amides is 1. The molecule has 0 unspecified atom stereocenters. The molecule has 3 aromatic rings. The van der Waals surface area contributed by atoms with E-state index in [-0.39, 0.29) is 16.7 Å². The monoisotopic (exact) mass is 410 g/mol. The summed E-state index contributed by atoms with van der Waals surface area (Å²) in [6, 6.07) is 24.8. The van der Waals surface area contributed by atoms with E-state index in [0.717, 1.165) is 41.8 Å². The van der Waals surface area contributed by atoms with Gasteiger partial charge in [0, 0.05) is 18.2 Å². The first-order valence-electron chi connectivity index (χ1n) is 11.3. The molecule has 1 aliphatic heterocycles. The van der Waals surface area contributed by atoms with E-state index in [1.807, 2.05) is 48.5 Å². The molecular weight excluding hydrogens is 380 g/mol. The molecule has 31 heavy (non-hydrogen) atoms. The second-order valence-electron chi connectivity index (χ2n) is 10.5. The Kier molecular flexibility index (Phi) is 4.73. The minimum atomic E-state index is 0.0745. The number of rotatable bonds is 3. The Morgan fingerprint density at radius 1 is 0.871 bits per heavy atom. The van der Waals surface area contributed by atoms with Crippen LogP contribution in [0.5, 0.6) is 0 Å². The summed E-state index contributed by atoms with van der Waals surface area (Å²) in [6.45, 7) is 7.86. The second kappa shape index (κ2) is 7.33. The first-order valence-corrected chi connectivity index (χ1v) is 11.3. The maximum absolute atomic E-state index is 13.5. The topological polar surface area (TPSA) is 33.2 Å². The summed E-state index contributed by atoms with van der Waals surface area (Å²) in [7, 11) is 0. The minimum Gasteiger partial charge on any atom is -0.334 e. The molecule has 2 fully saturated rings. The number of benzene rings is 2. The van der Waals surface area contributed by atoms with Gasteiger partial charge in [0.05, 0.1) is 5.69 Å². The summed E-state index contributed by atoms with van der Waals surface area (Å²) >= 11 is 0. The van der Waals surface area contributed by atoms with Crippen LogP contribution in [0.15, 0.2) is 72.8 Å². The predicted molar refractivity (Wildman–Crippen MR) is 126 cm³/mol. The Morgan fingerprint density at radius 3 is 2.35 bits per heavy atom. The van der Waals surface area contributed by atoms with Gasteiger partial charge in [-0.25, -0.2) is 4.98 Å². The number of aromatic nitrogens is 1. The number of hydrogen-bond donors (Lipinski definition) is 0. The van der Waals surface area contributed by atoms with E-state index >= 15 is 0 Å². The maximum atomic E-state index is 13.5. The van der Waals surface area contributed by atoms with E-state index < -0.39 is 0 Å². The second-order valence-corrected chi connectivity index (χ2v) is 10.5. The van der Waals surface area contributed by atoms with E-state index in [2.05, 4.69) is 49.9 Å². The van der Waals surface area contributed by atoms with Gasteiger partial charge in [-0.15, -0.1) is 0 Å². The first-order chi connectivity index (χ1) is 14.8. The molecule has 1 amide bonds. The Labute approximate surface area is 185 Å². The normalized spacial score (nSPS) is 24.2. The number of fused-ring (bicyclic) bond motifs is 2. The molecule has 3 nitrogen and oxygen atoms in total. The lowest BCUT2D eigenvalue weighted by atomic mass is 9.65. The van der Waals surface area contributed by atoms with E-state index in [1.54, 1.807) is 0 Å². The van der Waals surface area contributed by atoms with Gasteiger partial charge in [0.25, 0.3) is 5.91 Å². The zero-order valence-corrected chi connectivity index (χ0v) is 18.6. The molecule has 158 valence electrons. The Hall–Kier alpha value is -2.94. The van der Waals surface area contributed by atoms with Crippen LogP contribution < -0.4 is 0 Å². The highest BCUT2D eigenvalue weighted by molar-refractivity contribution is 5.94. The molecule has 0 radical (unpaired) electrons. The van der Waals surface area contributed by atoms with E-state index in [9.17, 15) is 4.79 Å². The third kappa shape index (κ3) is 3.78. The van der Waals surface area contributed by atoms with Crippen molar-refractivity contribution in [1.82, 2.24) is 9.88 Å². The van der Waals surface area contributed by atoms with E-state index in [0.29, 0.717) is 11.7 Å². The lowest BCUT2D eigenvalue weighted by Crippen LogP contribution is -2.38. The molecule has 1 saturated carbocycles. The molecule has 5 rings (SSSR count). The fourth-order valence-corrected chi connectivity index (χ4v) is 6.12. The molecule has 0 spiro atoms. The van der Waals surface area contributed by atoms with Crippen LogP contribution in [0.4, 0.5) is 0 Å². The highest BCUT2D eigenvalue weighted by Gasteiger charge is 2.51. The largest absolute Gasteiger partial charge is 0.334 e. The summed E-state index contributed by atoms with van der Waals surface area (Å²) in [5, 5.41) is 0. The van der Waals surface area contributed by atoms with Crippen LogP contribution in [0.3, 0.4) is 0 Å². The third-order valence-corrected chi connectivity index (χ3v) is 6.93. The molecular formula is C28H30N2O. The highest BCUT2D eigenvalue weighted by Crippen LogP contribution is 2.52. The molecule has 3 heteroatoms. The van der Waals surface area contributed by atoms with Crippen molar-refractivity contribution in [1.29, 1.82) is 0 Å². The average molecular weight is 411 g/mol. The Morgan fingerprint density at radius 2 is 1.58 bits per heavy atom. The molecule has 2 heterocycles. The molecule has 0 N–H and O–H groups in total. The quantitative estimate of drug-likeness (QED) is 0.497. The predicted octanol–water partition coefficient (Wildman–Crippen LogP) is 6.46. The van der Waals surface area contributed by atoms with Gasteiger partial charge in [-0.05, 0) is 53.4 Å². The molecule has 1 aromatic heterocycles. The van der Waals surface area contributed by atoms with Crippen molar-refractivity contribution < 1.29 is 4.79 Å². The lowest BCUT2D eigenvalue weighted by Gasteiger charge is -2.39. The van der Waals surface area contributed by atoms with Crippen LogP contribution >= 0.6 is 0 Å². The lowest BCUT2D eigenvalue weighted by molar-refractivity contribution is 0.0702. The highest BCUT2D eigenvalue weighted by atomic mass is 16.2. The summed E-state index contributed by atoms with van der Waals surface area (Å²) in [4.78, 5) is 20.5. The molecule has 2 atom stereocenters. The number of hydrogen-bond acceptors (Lipinski definition) is 2. The van der Waals surface area contributed by atoms with Gasteiger partial charge in [0.15, 0.2) is 0 Å². The zero-order valence-electron chi connectivity index (χ0n) is 18.6. The van der Waals surface area contributed by atoms with Crippen molar-refractivity contribution >= 4 is 5.91 Å². The van der Waals surface area contributed by atoms with Crippen molar-refractivity contribution in [2.75, 3.05) is 6.54 Å². The molecule has 2 bridgehead atoms. The number of likely N-dealkylation sites (tertiary alicyclic amines) is 1. The van der Waals surface area contributed by atoms with Gasteiger partial charge < -0.3 is 4.90 Å². The average Bonchev–Trinajstić information content (AvgIpc) is 3.02. The van der Waals surface area contributed by atoms with Gasteiger partial charge in [0.1, 0.15) is 5.69 Å². The standard InChI is InChI=1S/C28H30N2O/c1-27(2)16-21-17-28(3,18-27)19-30(21)26(31)25-15-9-14-24(29-25)23-13-8-7-12-22(23)20-10-5-4-6-11-20/h4-15,21H,16-19H2,1-3H3/t21-,28-/m1/s1. The molecule has 1 saturated heterocycles. The van der Waals surface area contributed by atoms with Crippen molar-refractivity contribution in [3.05, 3.63) is 78.5 Å². The first kappa shape index (κ1) is 20.0. The van der Waals surface area contributed by atoms with Gasteiger partial charge >= 0.3 is 0 Å². The van der Waals surface area contributed by atoms with Crippen molar-refractivity contribution in [3.63, 3.8) is 0 Å². The van der Waals surface area contributed by atoms with Gasteiger partial charge in [0.2, 0.25) is 0 Å². The summed E-state index contributed by atoms with van der Waals surface area (Å²) in [5.41, 5.74) is 5.24. The summed E-state index contributed by atoms with van der Waals surface area (Å²) < 4.78 is 0. The van der Waals surface area contributed by atoms with Gasteiger partial charge in [-0.3, -0.25) is 4.79 Å². The number of pyridine rings is 1. The SMILES string of the molecule is CC1(C)C[C@@H]2C[C@@](C)(CN2C(=O)c2cccc(-c3ccccc3-c3ccccc3)n2)C1. The van der Waals surface area contributed by atoms with Crippen LogP contribution in [0.2, 0.25) is 0 Å². The summed E-state index contributed by atoms with van der Waals surface area (Å²) in [5.74, 6) is 0.0745. The van der Waals surface area contributed by atoms with Crippen LogP contribution in [0, 0.1) is 10.8 Å². The zero-order chi connectivity index (χ0) is 21.6. The van der Waals surface area contributed by atoms with Crippen LogP contribution in [-0.4, -0.2) is 28.4 Å². The van der Waals surface area contributed by atoms with Crippen LogP contribution in [-0.2, 0) is 0 Å². The van der Waals surface area contributed by atoms with Crippen molar-refractivity contribution in [2.45, 2.75) is 46.1 Å². The number of carbonyl (C=O) groups excluding carboxylic acids is 1. The van der Waals surface area contributed by atoms with Gasteiger partial charge in [-0.2, -0.15) is 0 Å². The van der Waals surface area contributed by atoms with Crippen LogP contribution in [0.25, 0.3) is 22.4 Å². The Balaban J connectivity index is 1.48. The smallest absolute Gasteiger partial charge is 0.272 e. The molecule has 2 aliphatic rings. The van der Waals surface area contributed by atoms with Crippen molar-refractivity contribution in [2.24, 2.45) is 10.8 Å². The minimum absolute atomic E-state index is 0.0745. The van der Waals surface area contributed by atoms with Gasteiger partial charge in [-0.1, -0.05) is 81.4 Å². The van der Waals surface area contributed by atoms with E-state index in [1.165, 1.54) is 6.42 Å². The van der Waals surface area contributed by atoms with E-state index in [4.69, 9.17) is 4.98 Å². The number of carbonyl (C=O) groups is 1. The summed E-state index contributed by atoms with van der Waals surface area (Å²) in [6.07, 6.45) is 3.36. The molecule has 1 aliphatic carbocycles. The fourth-order valence-electron chi connectivity index (χ4n) is 6.12. The number of nitrogens with zero attached hydrogens (tertiary/aromatic N) is 2. The fraction of sp³-hybridized carbons (Fsp3) is 0.357. The van der Waals surface area contributed by atoms with Crippen LogP contribution in [0.1, 0.15) is 50.5 Å². The maximum Gasteiger partial charge on any atom is 0.272 e.